The zero-order valence-electron chi connectivity index (χ0n) is 23.3. The average molecular weight is 592 g/mol. The van der Waals surface area contributed by atoms with E-state index < -0.39 is 23.2 Å². The van der Waals surface area contributed by atoms with Crippen molar-refractivity contribution in [3.05, 3.63) is 106 Å². The van der Waals surface area contributed by atoms with E-state index in [1.807, 2.05) is 0 Å². The van der Waals surface area contributed by atoms with Crippen molar-refractivity contribution in [3.8, 4) is 0 Å². The molecule has 1 heterocycles. The van der Waals surface area contributed by atoms with Crippen LogP contribution < -0.4 is 0 Å². The van der Waals surface area contributed by atoms with Crippen LogP contribution in [0.5, 0.6) is 0 Å². The molecule has 0 bridgehead atoms. The van der Waals surface area contributed by atoms with Crippen LogP contribution in [0.3, 0.4) is 0 Å². The van der Waals surface area contributed by atoms with Crippen molar-refractivity contribution in [1.29, 1.82) is 0 Å². The fourth-order valence-electron chi connectivity index (χ4n) is 7.34. The summed E-state index contributed by atoms with van der Waals surface area (Å²) >= 11 is -0.604. The quantitative estimate of drug-likeness (QED) is 0.203. The average Bonchev–Trinajstić information content (AvgIpc) is 3.74. The minimum atomic E-state index is -0.604. The van der Waals surface area contributed by atoms with Gasteiger partial charge >= 0.3 is 210 Å². The van der Waals surface area contributed by atoms with Gasteiger partial charge in [0.15, 0.2) is 0 Å². The summed E-state index contributed by atoms with van der Waals surface area (Å²) in [5.74, 6) is 1.15. The first-order valence-corrected chi connectivity index (χ1v) is 20.7. The van der Waals surface area contributed by atoms with Gasteiger partial charge in [0.25, 0.3) is 0 Å². The molecule has 38 heavy (non-hydrogen) atoms. The van der Waals surface area contributed by atoms with Crippen LogP contribution in [0.2, 0.25) is 20.3 Å². The molecule has 192 valence electrons. The Balaban J connectivity index is 0.000000476. The number of hydrogen-bond acceptors (Lipinski definition) is 0. The molecule has 2 unspecified atom stereocenters. The van der Waals surface area contributed by atoms with E-state index in [0.29, 0.717) is 21.4 Å². The van der Waals surface area contributed by atoms with Crippen molar-refractivity contribution in [2.75, 3.05) is 0 Å². The van der Waals surface area contributed by atoms with Crippen LogP contribution in [0.15, 0.2) is 83.9 Å². The minimum absolute atomic E-state index is 0.543. The summed E-state index contributed by atoms with van der Waals surface area (Å²) in [5.41, 5.74) is 9.46. The second-order valence-electron chi connectivity index (χ2n) is 11.3. The number of benzene rings is 4. The molecule has 3 aliphatic rings. The maximum atomic E-state index is 2.58. The standard InChI is InChI=1S/C31H27.C4H10Si.CH3.Zr/c1-3-20-17-30-24-11-7-5-9-22(24)13-15-26(30)28(20)19-29-21(4-2)18-31-25-12-8-6-10-23(25)14-16-27(29)31;1-2-4-5-3-1;;/h5-19,28-29H,3-4H2,1-2H3;1-5H2;1H3;. The molecule has 0 N–H and O–H groups in total. The van der Waals surface area contributed by atoms with Gasteiger partial charge in [0.05, 0.1) is 0 Å². The first kappa shape index (κ1) is 26.2. The zero-order valence-corrected chi connectivity index (χ0v) is 27.1. The van der Waals surface area contributed by atoms with Crippen molar-refractivity contribution in [2.24, 2.45) is 0 Å². The number of rotatable bonds is 5. The van der Waals surface area contributed by atoms with Crippen LogP contribution in [-0.4, -0.2) is 9.52 Å². The van der Waals surface area contributed by atoms with E-state index in [2.05, 4.69) is 103 Å². The Morgan fingerprint density at radius 3 is 1.55 bits per heavy atom. The molecule has 1 aliphatic heterocycles. The third-order valence-corrected chi connectivity index (χ3v) is 14.5. The van der Waals surface area contributed by atoms with Crippen LogP contribution in [-0.2, 0) is 23.2 Å². The van der Waals surface area contributed by atoms with Gasteiger partial charge in [0.1, 0.15) is 0 Å². The van der Waals surface area contributed by atoms with Gasteiger partial charge in [-0.3, -0.25) is 0 Å². The van der Waals surface area contributed by atoms with E-state index in [-0.39, 0.29) is 0 Å². The molecule has 4 aromatic carbocycles. The number of allylic oxidation sites excluding steroid dienone is 2. The fraction of sp³-hybridized carbons (Fsp3) is 0.333. The predicted molar refractivity (Wildman–Crippen MR) is 167 cm³/mol. The first-order chi connectivity index (χ1) is 18.7. The summed E-state index contributed by atoms with van der Waals surface area (Å²) in [6.45, 7) is 4.72. The Hall–Kier alpha value is -2.02. The molecule has 0 saturated carbocycles. The Morgan fingerprint density at radius 1 is 0.684 bits per heavy atom. The van der Waals surface area contributed by atoms with Gasteiger partial charge in [0.2, 0.25) is 0 Å². The third-order valence-electron chi connectivity index (χ3n) is 9.26. The van der Waals surface area contributed by atoms with Crippen LogP contribution in [0.25, 0.3) is 33.7 Å². The molecule has 0 amide bonds. The number of hydrogen-bond donors (Lipinski definition) is 0. The molecule has 7 rings (SSSR count). The summed E-state index contributed by atoms with van der Waals surface area (Å²) in [6.07, 6.45) is 10.5. The molecule has 0 nitrogen and oxygen atoms in total. The molecule has 2 aliphatic carbocycles. The van der Waals surface area contributed by atoms with E-state index >= 15 is 0 Å². The van der Waals surface area contributed by atoms with Gasteiger partial charge in [-0.05, 0) is 0 Å². The maximum absolute atomic E-state index is 2.58. The SMILES string of the molecule is C1CC[SiH2]C1.CCC1=Cc2c(ccc3ccccc23)C1[CH]([Zr][CH3])C1C(CC)=Cc2c1ccc1ccccc21. The van der Waals surface area contributed by atoms with Crippen molar-refractivity contribution < 1.29 is 23.2 Å². The fourth-order valence-corrected chi connectivity index (χ4v) is 12.7. The van der Waals surface area contributed by atoms with Crippen molar-refractivity contribution in [1.82, 2.24) is 0 Å². The molecule has 4 aromatic rings. The third kappa shape index (κ3) is 4.67. The predicted octanol–water partition coefficient (Wildman–Crippen LogP) is 10.2. The topological polar surface area (TPSA) is 0 Å². The molecular weight excluding hydrogens is 552 g/mol. The van der Waals surface area contributed by atoms with E-state index in [9.17, 15) is 0 Å². The van der Waals surface area contributed by atoms with Crippen molar-refractivity contribution in [2.45, 2.75) is 71.7 Å². The Morgan fingerprint density at radius 2 is 1.16 bits per heavy atom. The Labute approximate surface area is 243 Å². The van der Waals surface area contributed by atoms with Gasteiger partial charge in [0, 0.05) is 9.52 Å². The second kappa shape index (κ2) is 11.6. The Bertz CT molecular complexity index is 1410. The summed E-state index contributed by atoms with van der Waals surface area (Å²) in [4.78, 5) is 0. The van der Waals surface area contributed by atoms with E-state index in [4.69, 9.17) is 0 Å². The van der Waals surface area contributed by atoms with Crippen LogP contribution in [0.4, 0.5) is 0 Å². The molecule has 1 saturated heterocycles. The van der Waals surface area contributed by atoms with Gasteiger partial charge < -0.3 is 0 Å². The first-order valence-electron chi connectivity index (χ1n) is 14.9. The van der Waals surface area contributed by atoms with Gasteiger partial charge in [-0.2, -0.15) is 0 Å². The number of fused-ring (bicyclic) bond motifs is 6. The molecule has 0 spiro atoms. The molecule has 2 atom stereocenters. The summed E-state index contributed by atoms with van der Waals surface area (Å²) in [6, 6.07) is 30.8. The van der Waals surface area contributed by atoms with E-state index in [1.54, 1.807) is 47.2 Å². The normalized spacial score (nSPS) is 20.4. The molecule has 0 aromatic heterocycles. The Kier molecular flexibility index (Phi) is 8.01. The van der Waals surface area contributed by atoms with Crippen LogP contribution in [0.1, 0.15) is 73.6 Å². The van der Waals surface area contributed by atoms with Gasteiger partial charge in [-0.1, -0.05) is 24.9 Å². The monoisotopic (exact) mass is 590 g/mol. The summed E-state index contributed by atoms with van der Waals surface area (Å²) in [5, 5.41) is 5.58. The van der Waals surface area contributed by atoms with Gasteiger partial charge in [-0.25, -0.2) is 0 Å². The molecule has 0 radical (unpaired) electrons. The van der Waals surface area contributed by atoms with Gasteiger partial charge in [-0.15, -0.1) is 0 Å². The zero-order chi connectivity index (χ0) is 26.1. The van der Waals surface area contributed by atoms with Crippen LogP contribution >= 0.6 is 0 Å². The van der Waals surface area contributed by atoms with E-state index in [1.165, 1.54) is 32.7 Å². The molecule has 2 heteroatoms. The van der Waals surface area contributed by atoms with Crippen molar-refractivity contribution in [3.63, 3.8) is 0 Å². The second-order valence-corrected chi connectivity index (χ2v) is 16.4. The summed E-state index contributed by atoms with van der Waals surface area (Å²) < 4.78 is 3.32. The summed E-state index contributed by atoms with van der Waals surface area (Å²) in [7, 11) is 0.543. The molecule has 1 fully saturated rings. The molecular formula is C36H40SiZr. The van der Waals surface area contributed by atoms with E-state index in [0.717, 1.165) is 16.5 Å². The van der Waals surface area contributed by atoms with Crippen LogP contribution in [0, 0.1) is 0 Å². The van der Waals surface area contributed by atoms with Crippen molar-refractivity contribution >= 4 is 43.2 Å².